The minimum atomic E-state index is -0.620. The zero-order valence-electron chi connectivity index (χ0n) is 12.6. The number of aliphatic hydroxyl groups excluding tert-OH is 1. The van der Waals surface area contributed by atoms with Gasteiger partial charge in [-0.15, -0.1) is 0 Å². The molecule has 0 saturated carbocycles. The molecule has 0 heterocycles. The molecule has 0 aliphatic carbocycles. The van der Waals surface area contributed by atoms with Gasteiger partial charge in [0.1, 0.15) is 5.75 Å². The summed E-state index contributed by atoms with van der Waals surface area (Å²) in [4.78, 5) is 2.04. The minimum absolute atomic E-state index is 0.452. The summed E-state index contributed by atoms with van der Waals surface area (Å²) in [6, 6.07) is 13.1. The second-order valence-corrected chi connectivity index (χ2v) is 6.05. The van der Waals surface area contributed by atoms with E-state index in [1.54, 1.807) is 25.3 Å². The van der Waals surface area contributed by atoms with Crippen molar-refractivity contribution in [3.63, 3.8) is 0 Å². The maximum atomic E-state index is 10.3. The van der Waals surface area contributed by atoms with E-state index in [9.17, 15) is 5.11 Å². The maximum Gasteiger partial charge on any atom is 0.119 e. The summed E-state index contributed by atoms with van der Waals surface area (Å²) >= 11 is 11.9. The first-order chi connectivity index (χ1) is 10.5. The number of benzene rings is 2. The van der Waals surface area contributed by atoms with Crippen LogP contribution in [-0.2, 0) is 6.54 Å². The van der Waals surface area contributed by atoms with Crippen molar-refractivity contribution in [1.29, 1.82) is 0 Å². The van der Waals surface area contributed by atoms with Gasteiger partial charge < -0.3 is 9.84 Å². The fraction of sp³-hybridized carbons (Fsp3) is 0.294. The van der Waals surface area contributed by atoms with E-state index in [0.717, 1.165) is 23.4 Å². The van der Waals surface area contributed by atoms with Crippen LogP contribution in [0, 0.1) is 0 Å². The van der Waals surface area contributed by atoms with Gasteiger partial charge in [-0.05, 0) is 42.4 Å². The second-order valence-electron chi connectivity index (χ2n) is 5.24. The molecule has 0 radical (unpaired) electrons. The Morgan fingerprint density at radius 1 is 1.14 bits per heavy atom. The van der Waals surface area contributed by atoms with Crippen LogP contribution in [-0.4, -0.2) is 30.7 Å². The number of likely N-dealkylation sites (N-methyl/N-ethyl adjacent to an activating group) is 1. The van der Waals surface area contributed by atoms with Crippen molar-refractivity contribution in [3.05, 3.63) is 63.6 Å². The van der Waals surface area contributed by atoms with E-state index in [1.807, 2.05) is 36.2 Å². The van der Waals surface area contributed by atoms with Crippen LogP contribution in [0.5, 0.6) is 5.75 Å². The summed E-state index contributed by atoms with van der Waals surface area (Å²) in [5.74, 6) is 0.830. The highest BCUT2D eigenvalue weighted by Gasteiger charge is 2.12. The van der Waals surface area contributed by atoms with Crippen LogP contribution in [0.2, 0.25) is 10.0 Å². The third-order valence-corrected chi connectivity index (χ3v) is 4.14. The van der Waals surface area contributed by atoms with Crippen molar-refractivity contribution in [2.24, 2.45) is 0 Å². The second kappa shape index (κ2) is 7.84. The Morgan fingerprint density at radius 2 is 1.91 bits per heavy atom. The largest absolute Gasteiger partial charge is 0.497 e. The van der Waals surface area contributed by atoms with Gasteiger partial charge in [-0.2, -0.15) is 0 Å². The van der Waals surface area contributed by atoms with E-state index in [4.69, 9.17) is 27.9 Å². The smallest absolute Gasteiger partial charge is 0.119 e. The van der Waals surface area contributed by atoms with Gasteiger partial charge in [0.15, 0.2) is 0 Å². The molecule has 0 aromatic heterocycles. The van der Waals surface area contributed by atoms with Crippen molar-refractivity contribution in [2.75, 3.05) is 20.7 Å². The monoisotopic (exact) mass is 339 g/mol. The molecule has 2 aromatic rings. The Labute approximate surface area is 141 Å². The van der Waals surface area contributed by atoms with Gasteiger partial charge in [0.25, 0.3) is 0 Å². The summed E-state index contributed by atoms with van der Waals surface area (Å²) < 4.78 is 5.22. The molecule has 0 aliphatic rings. The molecule has 0 fully saturated rings. The van der Waals surface area contributed by atoms with Crippen LogP contribution in [0.15, 0.2) is 42.5 Å². The van der Waals surface area contributed by atoms with Gasteiger partial charge in [-0.1, -0.05) is 41.4 Å². The lowest BCUT2D eigenvalue weighted by molar-refractivity contribution is 0.124. The molecule has 0 bridgehead atoms. The van der Waals surface area contributed by atoms with E-state index in [2.05, 4.69) is 0 Å². The predicted molar refractivity (Wildman–Crippen MR) is 90.7 cm³/mol. The maximum absolute atomic E-state index is 10.3. The molecule has 5 heteroatoms. The molecule has 2 aromatic carbocycles. The average Bonchev–Trinajstić information content (AvgIpc) is 2.50. The van der Waals surface area contributed by atoms with Crippen molar-refractivity contribution in [3.8, 4) is 5.75 Å². The molecule has 118 valence electrons. The summed E-state index contributed by atoms with van der Waals surface area (Å²) in [5, 5.41) is 11.3. The van der Waals surface area contributed by atoms with Gasteiger partial charge in [0.05, 0.1) is 23.3 Å². The molecule has 22 heavy (non-hydrogen) atoms. The lowest BCUT2D eigenvalue weighted by atomic mass is 10.1. The molecule has 0 saturated heterocycles. The van der Waals surface area contributed by atoms with E-state index < -0.39 is 6.10 Å². The Balaban J connectivity index is 1.98. The number of halogens is 2. The molecule has 0 amide bonds. The highest BCUT2D eigenvalue weighted by atomic mass is 35.5. The molecule has 0 spiro atoms. The SMILES string of the molecule is COc1cccc(CN(C)C[C@H](O)c2ccc(Cl)c(Cl)c2)c1. The average molecular weight is 340 g/mol. The Kier molecular flexibility index (Phi) is 6.09. The lowest BCUT2D eigenvalue weighted by Gasteiger charge is -2.21. The lowest BCUT2D eigenvalue weighted by Crippen LogP contribution is -2.24. The van der Waals surface area contributed by atoms with Crippen molar-refractivity contribution in [1.82, 2.24) is 4.90 Å². The van der Waals surface area contributed by atoms with E-state index in [-0.39, 0.29) is 0 Å². The molecule has 1 atom stereocenters. The Morgan fingerprint density at radius 3 is 2.59 bits per heavy atom. The summed E-state index contributed by atoms with van der Waals surface area (Å²) in [6.07, 6.45) is -0.620. The van der Waals surface area contributed by atoms with Crippen LogP contribution in [0.1, 0.15) is 17.2 Å². The number of methoxy groups -OCH3 is 1. The number of nitrogens with zero attached hydrogens (tertiary/aromatic N) is 1. The molecule has 0 unspecified atom stereocenters. The van der Waals surface area contributed by atoms with E-state index >= 15 is 0 Å². The van der Waals surface area contributed by atoms with Gasteiger partial charge in [0, 0.05) is 13.1 Å². The topological polar surface area (TPSA) is 32.7 Å². The fourth-order valence-corrected chi connectivity index (χ4v) is 2.57. The Hall–Kier alpha value is -1.26. The number of rotatable bonds is 6. The molecule has 2 rings (SSSR count). The first-order valence-electron chi connectivity index (χ1n) is 6.94. The van der Waals surface area contributed by atoms with Crippen LogP contribution < -0.4 is 4.74 Å². The van der Waals surface area contributed by atoms with Crippen LogP contribution in [0.3, 0.4) is 0 Å². The standard InChI is InChI=1S/C17H19Cl2NO2/c1-20(10-12-4-3-5-14(8-12)22-2)11-17(21)13-6-7-15(18)16(19)9-13/h3-9,17,21H,10-11H2,1-2H3/t17-/m0/s1. The highest BCUT2D eigenvalue weighted by Crippen LogP contribution is 2.26. The molecule has 1 N–H and O–H groups in total. The molecule has 0 aliphatic heterocycles. The predicted octanol–water partition coefficient (Wildman–Crippen LogP) is 4.17. The Bertz CT molecular complexity index is 634. The summed E-state index contributed by atoms with van der Waals surface area (Å²) in [7, 11) is 3.61. The van der Waals surface area contributed by atoms with Crippen molar-refractivity contribution >= 4 is 23.2 Å². The van der Waals surface area contributed by atoms with Gasteiger partial charge in [-0.25, -0.2) is 0 Å². The molecular formula is C17H19Cl2NO2. The van der Waals surface area contributed by atoms with Crippen LogP contribution in [0.4, 0.5) is 0 Å². The van der Waals surface area contributed by atoms with E-state index in [0.29, 0.717) is 16.6 Å². The molecule has 3 nitrogen and oxygen atoms in total. The fourth-order valence-electron chi connectivity index (χ4n) is 2.27. The van der Waals surface area contributed by atoms with Crippen LogP contribution >= 0.6 is 23.2 Å². The highest BCUT2D eigenvalue weighted by molar-refractivity contribution is 6.42. The zero-order chi connectivity index (χ0) is 16.1. The number of hydrogen-bond acceptors (Lipinski definition) is 3. The first kappa shape index (κ1) is 17.1. The number of aliphatic hydroxyl groups is 1. The molecular weight excluding hydrogens is 321 g/mol. The minimum Gasteiger partial charge on any atom is -0.497 e. The third-order valence-electron chi connectivity index (χ3n) is 3.40. The zero-order valence-corrected chi connectivity index (χ0v) is 14.1. The van der Waals surface area contributed by atoms with Crippen LogP contribution in [0.25, 0.3) is 0 Å². The van der Waals surface area contributed by atoms with Crippen molar-refractivity contribution in [2.45, 2.75) is 12.6 Å². The summed E-state index contributed by atoms with van der Waals surface area (Å²) in [6.45, 7) is 1.21. The van der Waals surface area contributed by atoms with Gasteiger partial charge >= 0.3 is 0 Å². The normalized spacial score (nSPS) is 12.5. The number of hydrogen-bond donors (Lipinski definition) is 1. The summed E-state index contributed by atoms with van der Waals surface area (Å²) in [5.41, 5.74) is 1.88. The number of ether oxygens (including phenoxy) is 1. The van der Waals surface area contributed by atoms with Crippen molar-refractivity contribution < 1.29 is 9.84 Å². The van der Waals surface area contributed by atoms with Gasteiger partial charge in [0.2, 0.25) is 0 Å². The quantitative estimate of drug-likeness (QED) is 0.857. The third kappa shape index (κ3) is 4.62. The first-order valence-corrected chi connectivity index (χ1v) is 7.69. The van der Waals surface area contributed by atoms with Gasteiger partial charge in [-0.3, -0.25) is 4.90 Å². The van der Waals surface area contributed by atoms with E-state index in [1.165, 1.54) is 0 Å².